The highest BCUT2D eigenvalue weighted by Crippen LogP contribution is 2.55. The maximum Gasteiger partial charge on any atom is 0.224 e. The standard InChI is InChI=1S/C18H27N3O2/c1-2-21-11-12(10-19-21)17-15(8-5-9-23-17)20-18(22)16-13-6-3-4-7-14(13)16/h10-11,13-17H,2-9H2,1H3,(H,20,22)/t13?,14?,15-,16?,17+/m0/s1. The van der Waals surface area contributed by atoms with Crippen LogP contribution in [0.2, 0.25) is 0 Å². The lowest BCUT2D eigenvalue weighted by Crippen LogP contribution is -2.43. The van der Waals surface area contributed by atoms with Gasteiger partial charge in [0, 0.05) is 30.8 Å². The van der Waals surface area contributed by atoms with Crippen molar-refractivity contribution in [1.82, 2.24) is 15.1 Å². The predicted molar refractivity (Wildman–Crippen MR) is 86.7 cm³/mol. The fraction of sp³-hybridized carbons (Fsp3) is 0.778. The molecule has 1 aliphatic heterocycles. The van der Waals surface area contributed by atoms with Gasteiger partial charge in [-0.3, -0.25) is 9.48 Å². The molecule has 126 valence electrons. The number of nitrogens with one attached hydrogen (secondary N) is 1. The van der Waals surface area contributed by atoms with E-state index in [9.17, 15) is 4.79 Å². The van der Waals surface area contributed by atoms with Gasteiger partial charge in [-0.1, -0.05) is 12.8 Å². The van der Waals surface area contributed by atoms with Gasteiger partial charge in [-0.25, -0.2) is 0 Å². The van der Waals surface area contributed by atoms with Gasteiger partial charge >= 0.3 is 0 Å². The molecule has 1 saturated heterocycles. The second-order valence-corrected chi connectivity index (χ2v) is 7.32. The summed E-state index contributed by atoms with van der Waals surface area (Å²) in [6, 6.07) is 0.0911. The Morgan fingerprint density at radius 3 is 2.78 bits per heavy atom. The first kappa shape index (κ1) is 15.2. The molecule has 3 aliphatic rings. The van der Waals surface area contributed by atoms with Gasteiger partial charge < -0.3 is 10.1 Å². The number of carbonyl (C=O) groups is 1. The van der Waals surface area contributed by atoms with Gasteiger partial charge in [-0.2, -0.15) is 5.10 Å². The molecular weight excluding hydrogens is 290 g/mol. The van der Waals surface area contributed by atoms with Crippen LogP contribution in [0.4, 0.5) is 0 Å². The van der Waals surface area contributed by atoms with Crippen LogP contribution in [0.5, 0.6) is 0 Å². The lowest BCUT2D eigenvalue weighted by atomic mass is 9.97. The number of ether oxygens (including phenoxy) is 1. The maximum absolute atomic E-state index is 12.7. The molecule has 1 aromatic heterocycles. The average Bonchev–Trinajstić information content (AvgIpc) is 3.13. The molecule has 2 saturated carbocycles. The molecule has 4 rings (SSSR count). The van der Waals surface area contributed by atoms with E-state index in [0.29, 0.717) is 11.8 Å². The van der Waals surface area contributed by atoms with Crippen LogP contribution in [0.25, 0.3) is 0 Å². The number of aromatic nitrogens is 2. The molecule has 2 heterocycles. The molecule has 2 unspecified atom stereocenters. The quantitative estimate of drug-likeness (QED) is 0.929. The molecule has 5 nitrogen and oxygen atoms in total. The SMILES string of the molecule is CCn1cc([C@H]2OCCC[C@@H]2NC(=O)C2C3CCCCC32)cn1. The van der Waals surface area contributed by atoms with Crippen LogP contribution >= 0.6 is 0 Å². The Balaban J connectivity index is 1.42. The third kappa shape index (κ3) is 2.91. The molecule has 4 atom stereocenters. The van der Waals surface area contributed by atoms with Gasteiger partial charge in [0.1, 0.15) is 6.10 Å². The first-order valence-corrected chi connectivity index (χ1v) is 9.22. The number of aryl methyl sites for hydroxylation is 1. The van der Waals surface area contributed by atoms with E-state index in [1.54, 1.807) is 0 Å². The summed E-state index contributed by atoms with van der Waals surface area (Å²) in [7, 11) is 0. The van der Waals surface area contributed by atoms with Crippen molar-refractivity contribution in [1.29, 1.82) is 0 Å². The highest BCUT2D eigenvalue weighted by Gasteiger charge is 2.55. The number of amides is 1. The fourth-order valence-electron chi connectivity index (χ4n) is 4.62. The topological polar surface area (TPSA) is 56.1 Å². The van der Waals surface area contributed by atoms with E-state index in [4.69, 9.17) is 4.74 Å². The van der Waals surface area contributed by atoms with Crippen molar-refractivity contribution in [3.63, 3.8) is 0 Å². The summed E-state index contributed by atoms with van der Waals surface area (Å²) in [5.74, 6) is 1.87. The fourth-order valence-corrected chi connectivity index (χ4v) is 4.62. The van der Waals surface area contributed by atoms with Crippen LogP contribution in [0.1, 0.15) is 57.1 Å². The second kappa shape index (κ2) is 6.27. The van der Waals surface area contributed by atoms with Crippen LogP contribution in [-0.2, 0) is 16.1 Å². The van der Waals surface area contributed by atoms with E-state index in [-0.39, 0.29) is 24.0 Å². The van der Waals surface area contributed by atoms with Crippen molar-refractivity contribution in [3.05, 3.63) is 18.0 Å². The summed E-state index contributed by atoms with van der Waals surface area (Å²) in [6.07, 6.45) is 11.0. The molecule has 0 spiro atoms. The Labute approximate surface area is 137 Å². The number of nitrogens with zero attached hydrogens (tertiary/aromatic N) is 2. The summed E-state index contributed by atoms with van der Waals surface area (Å²) in [4.78, 5) is 12.7. The van der Waals surface area contributed by atoms with Crippen LogP contribution in [0.3, 0.4) is 0 Å². The molecule has 2 aliphatic carbocycles. The van der Waals surface area contributed by atoms with Crippen molar-refractivity contribution in [2.24, 2.45) is 17.8 Å². The number of fused-ring (bicyclic) bond motifs is 1. The zero-order valence-corrected chi connectivity index (χ0v) is 13.9. The second-order valence-electron chi connectivity index (χ2n) is 7.32. The minimum Gasteiger partial charge on any atom is -0.371 e. The zero-order valence-electron chi connectivity index (χ0n) is 13.9. The molecule has 23 heavy (non-hydrogen) atoms. The van der Waals surface area contributed by atoms with Crippen LogP contribution in [0, 0.1) is 17.8 Å². The van der Waals surface area contributed by atoms with Crippen molar-refractivity contribution < 1.29 is 9.53 Å². The molecule has 0 bridgehead atoms. The summed E-state index contributed by atoms with van der Waals surface area (Å²) in [5.41, 5.74) is 1.09. The average molecular weight is 317 g/mol. The Morgan fingerprint density at radius 2 is 2.09 bits per heavy atom. The summed E-state index contributed by atoms with van der Waals surface area (Å²) in [5, 5.41) is 7.67. The summed E-state index contributed by atoms with van der Waals surface area (Å²) in [6.45, 7) is 3.70. The van der Waals surface area contributed by atoms with Crippen LogP contribution in [-0.4, -0.2) is 28.3 Å². The summed E-state index contributed by atoms with van der Waals surface area (Å²) >= 11 is 0. The molecule has 0 radical (unpaired) electrons. The van der Waals surface area contributed by atoms with Crippen LogP contribution in [0.15, 0.2) is 12.4 Å². The predicted octanol–water partition coefficient (Wildman–Crippen LogP) is 2.68. The van der Waals surface area contributed by atoms with E-state index in [1.165, 1.54) is 25.7 Å². The van der Waals surface area contributed by atoms with Crippen molar-refractivity contribution >= 4 is 5.91 Å². The minimum absolute atomic E-state index is 0.0474. The smallest absolute Gasteiger partial charge is 0.224 e. The van der Waals surface area contributed by atoms with Crippen molar-refractivity contribution in [2.75, 3.05) is 6.61 Å². The van der Waals surface area contributed by atoms with Gasteiger partial charge in [0.05, 0.1) is 12.2 Å². The molecule has 1 amide bonds. The van der Waals surface area contributed by atoms with Crippen molar-refractivity contribution in [3.8, 4) is 0 Å². The monoisotopic (exact) mass is 317 g/mol. The van der Waals surface area contributed by atoms with Gasteiger partial charge in [-0.15, -0.1) is 0 Å². The Morgan fingerprint density at radius 1 is 1.30 bits per heavy atom. The van der Waals surface area contributed by atoms with Gasteiger partial charge in [0.15, 0.2) is 0 Å². The Kier molecular flexibility index (Phi) is 4.14. The molecule has 3 fully saturated rings. The highest BCUT2D eigenvalue weighted by molar-refractivity contribution is 5.82. The first-order valence-electron chi connectivity index (χ1n) is 9.22. The van der Waals surface area contributed by atoms with Crippen molar-refractivity contribution in [2.45, 2.75) is 64.1 Å². The Hall–Kier alpha value is -1.36. The van der Waals surface area contributed by atoms with Gasteiger partial charge in [-0.05, 0) is 44.4 Å². The molecule has 1 aromatic rings. The summed E-state index contributed by atoms with van der Waals surface area (Å²) < 4.78 is 7.90. The molecule has 5 heteroatoms. The van der Waals surface area contributed by atoms with E-state index in [0.717, 1.165) is 31.6 Å². The zero-order chi connectivity index (χ0) is 15.8. The molecule has 0 aromatic carbocycles. The lowest BCUT2D eigenvalue weighted by Gasteiger charge is -2.32. The maximum atomic E-state index is 12.7. The normalized spacial score (nSPS) is 36.3. The lowest BCUT2D eigenvalue weighted by molar-refractivity contribution is -0.126. The minimum atomic E-state index is -0.0474. The third-order valence-electron chi connectivity index (χ3n) is 5.91. The first-order chi connectivity index (χ1) is 11.3. The van der Waals surface area contributed by atoms with E-state index in [1.807, 2.05) is 17.1 Å². The van der Waals surface area contributed by atoms with Gasteiger partial charge in [0.25, 0.3) is 0 Å². The molecular formula is C18H27N3O2. The van der Waals surface area contributed by atoms with Crippen LogP contribution < -0.4 is 5.32 Å². The Bertz CT molecular complexity index is 558. The van der Waals surface area contributed by atoms with E-state index < -0.39 is 0 Å². The van der Waals surface area contributed by atoms with E-state index >= 15 is 0 Å². The third-order valence-corrected chi connectivity index (χ3v) is 5.91. The number of rotatable bonds is 4. The number of hydrogen-bond donors (Lipinski definition) is 1. The van der Waals surface area contributed by atoms with Gasteiger partial charge in [0.2, 0.25) is 5.91 Å². The number of hydrogen-bond acceptors (Lipinski definition) is 3. The number of carbonyl (C=O) groups excluding carboxylic acids is 1. The highest BCUT2D eigenvalue weighted by atomic mass is 16.5. The van der Waals surface area contributed by atoms with E-state index in [2.05, 4.69) is 17.3 Å². The largest absolute Gasteiger partial charge is 0.371 e. The molecule has 1 N–H and O–H groups in total.